The molecule has 3 aromatic rings. The first kappa shape index (κ1) is 18.1. The van der Waals surface area contributed by atoms with Crippen LogP contribution in [0.3, 0.4) is 0 Å². The predicted molar refractivity (Wildman–Crippen MR) is 99.2 cm³/mol. The van der Waals surface area contributed by atoms with Gasteiger partial charge in [0.1, 0.15) is 10.5 Å². The Bertz CT molecular complexity index is 811. The summed E-state index contributed by atoms with van der Waals surface area (Å²) in [5.41, 5.74) is 6.43. The van der Waals surface area contributed by atoms with Crippen molar-refractivity contribution in [2.45, 2.75) is 31.6 Å². The van der Waals surface area contributed by atoms with Crippen molar-refractivity contribution in [1.82, 2.24) is 4.37 Å². The fraction of sp³-hybridized carbons (Fsp3) is 0.357. The van der Waals surface area contributed by atoms with E-state index in [1.165, 1.54) is 27.7 Å². The van der Waals surface area contributed by atoms with Gasteiger partial charge < -0.3 is 11.1 Å². The molecule has 130 valence electrons. The summed E-state index contributed by atoms with van der Waals surface area (Å²) in [4.78, 5) is 2.01. The maximum absolute atomic E-state index is 12.4. The van der Waals surface area contributed by atoms with Gasteiger partial charge in [0.25, 0.3) is 0 Å². The molecule has 24 heavy (non-hydrogen) atoms. The number of halogens is 4. The monoisotopic (exact) mass is 455 g/mol. The van der Waals surface area contributed by atoms with E-state index in [-0.39, 0.29) is 6.42 Å². The lowest BCUT2D eigenvalue weighted by molar-refractivity contribution is -0.138. The maximum atomic E-state index is 12.4. The van der Waals surface area contributed by atoms with Crippen LogP contribution in [0.4, 0.5) is 18.2 Å². The third kappa shape index (κ3) is 4.29. The van der Waals surface area contributed by atoms with Crippen molar-refractivity contribution in [3.05, 3.63) is 31.7 Å². The number of rotatable bonds is 6. The Kier molecular flexibility index (Phi) is 5.50. The van der Waals surface area contributed by atoms with Crippen LogP contribution in [0, 0.1) is 0 Å². The minimum atomic E-state index is -4.24. The number of thiophene rings is 2. The summed E-state index contributed by atoms with van der Waals surface area (Å²) in [5, 5.41) is 6.29. The zero-order chi connectivity index (χ0) is 17.3. The zero-order valence-electron chi connectivity index (χ0n) is 12.2. The lowest BCUT2D eigenvalue weighted by atomic mass is 10.1. The minimum absolute atomic E-state index is 0.177. The summed E-state index contributed by atoms with van der Waals surface area (Å²) >= 11 is 7.92. The van der Waals surface area contributed by atoms with Gasteiger partial charge >= 0.3 is 6.18 Å². The molecule has 3 N–H and O–H groups in total. The second-order valence-electron chi connectivity index (χ2n) is 5.25. The Balaban J connectivity index is 1.75. The fourth-order valence-electron chi connectivity index (χ4n) is 2.25. The number of alkyl halides is 3. The van der Waals surface area contributed by atoms with Crippen molar-refractivity contribution in [1.29, 1.82) is 0 Å². The van der Waals surface area contributed by atoms with E-state index in [9.17, 15) is 13.2 Å². The molecule has 1 atom stereocenters. The molecule has 0 radical (unpaired) electrons. The van der Waals surface area contributed by atoms with Crippen molar-refractivity contribution < 1.29 is 13.2 Å². The number of nitrogens with one attached hydrogen (secondary N) is 1. The molecule has 0 aliphatic rings. The highest BCUT2D eigenvalue weighted by Gasteiger charge is 2.31. The largest absolute Gasteiger partial charge is 0.390 e. The standard InChI is InChI=1S/C14H13BrF3N3S3/c15-10-9(4-7(19)5-14(16,17)18)23-12-11(10)21-24-13(12)20-6-8-2-1-3-22-8/h1-3,7,20H,4-6,19H2/t7-/m1/s1. The summed E-state index contributed by atoms with van der Waals surface area (Å²) < 4.78 is 43.4. The Morgan fingerprint density at radius 1 is 1.38 bits per heavy atom. The third-order valence-corrected chi connectivity index (χ3v) is 7.42. The van der Waals surface area contributed by atoms with Crippen molar-refractivity contribution in [3.63, 3.8) is 0 Å². The lowest BCUT2D eigenvalue weighted by Crippen LogP contribution is -2.29. The molecule has 3 aromatic heterocycles. The van der Waals surface area contributed by atoms with Crippen LogP contribution in [0.2, 0.25) is 0 Å². The molecule has 0 aliphatic heterocycles. The van der Waals surface area contributed by atoms with Crippen LogP contribution in [0.1, 0.15) is 16.2 Å². The van der Waals surface area contributed by atoms with Gasteiger partial charge in [0.15, 0.2) is 0 Å². The van der Waals surface area contributed by atoms with E-state index in [2.05, 4.69) is 25.6 Å². The Morgan fingerprint density at radius 3 is 2.83 bits per heavy atom. The second kappa shape index (κ2) is 7.28. The predicted octanol–water partition coefficient (Wildman–Crippen LogP) is 5.62. The minimum Gasteiger partial charge on any atom is -0.370 e. The van der Waals surface area contributed by atoms with Crippen LogP contribution in [-0.2, 0) is 13.0 Å². The summed E-state index contributed by atoms with van der Waals surface area (Å²) in [6.45, 7) is 0.702. The van der Waals surface area contributed by atoms with E-state index in [4.69, 9.17) is 5.73 Å². The van der Waals surface area contributed by atoms with Crippen LogP contribution in [0.15, 0.2) is 22.0 Å². The zero-order valence-corrected chi connectivity index (χ0v) is 16.2. The normalized spacial score (nSPS) is 13.5. The van der Waals surface area contributed by atoms with Crippen molar-refractivity contribution in [2.75, 3.05) is 5.32 Å². The van der Waals surface area contributed by atoms with Gasteiger partial charge in [-0.05, 0) is 45.3 Å². The SMILES string of the molecule is N[C@H](Cc1sc2c(NCc3cccs3)snc2c1Br)CC(F)(F)F. The summed E-state index contributed by atoms with van der Waals surface area (Å²) in [5.74, 6) is 0. The van der Waals surface area contributed by atoms with E-state index in [1.807, 2.05) is 17.5 Å². The van der Waals surface area contributed by atoms with Gasteiger partial charge in [0, 0.05) is 15.8 Å². The quantitative estimate of drug-likeness (QED) is 0.507. The van der Waals surface area contributed by atoms with E-state index < -0.39 is 18.6 Å². The second-order valence-corrected chi connectivity index (χ2v) is 8.95. The molecule has 10 heteroatoms. The average molecular weight is 456 g/mol. The molecule has 0 fully saturated rings. The first-order valence-corrected chi connectivity index (χ1v) is 10.2. The van der Waals surface area contributed by atoms with E-state index in [0.29, 0.717) is 6.54 Å². The van der Waals surface area contributed by atoms with Gasteiger partial charge in [-0.25, -0.2) is 0 Å². The average Bonchev–Trinajstić information content (AvgIpc) is 3.16. The first-order valence-electron chi connectivity index (χ1n) is 6.98. The van der Waals surface area contributed by atoms with Crippen LogP contribution in [-0.4, -0.2) is 16.6 Å². The molecular formula is C14H13BrF3N3S3. The number of fused-ring (bicyclic) bond motifs is 1. The fourth-order valence-corrected chi connectivity index (χ4v) is 5.95. The highest BCUT2D eigenvalue weighted by atomic mass is 79.9. The van der Waals surface area contributed by atoms with Gasteiger partial charge in [-0.2, -0.15) is 17.5 Å². The van der Waals surface area contributed by atoms with Gasteiger partial charge in [0.05, 0.1) is 22.1 Å². The molecule has 0 bridgehead atoms. The molecular weight excluding hydrogens is 443 g/mol. The Hall–Kier alpha value is -0.680. The molecule has 0 aromatic carbocycles. The topological polar surface area (TPSA) is 50.9 Å². The molecule has 0 amide bonds. The molecule has 0 spiro atoms. The van der Waals surface area contributed by atoms with Crippen molar-refractivity contribution in [3.8, 4) is 0 Å². The molecule has 3 heterocycles. The van der Waals surface area contributed by atoms with Crippen LogP contribution < -0.4 is 11.1 Å². The number of nitrogens with two attached hydrogens (primary N) is 1. The van der Waals surface area contributed by atoms with E-state index >= 15 is 0 Å². The van der Waals surface area contributed by atoms with Crippen molar-refractivity contribution >= 4 is 65.4 Å². The molecule has 3 nitrogen and oxygen atoms in total. The molecule has 0 saturated heterocycles. The smallest absolute Gasteiger partial charge is 0.370 e. The van der Waals surface area contributed by atoms with Gasteiger partial charge in [-0.3, -0.25) is 0 Å². The Morgan fingerprint density at radius 2 is 2.17 bits per heavy atom. The number of nitrogens with zero attached hydrogens (tertiary/aromatic N) is 1. The van der Waals surface area contributed by atoms with Gasteiger partial charge in [-0.1, -0.05) is 6.07 Å². The number of hydrogen-bond donors (Lipinski definition) is 2. The third-order valence-electron chi connectivity index (χ3n) is 3.27. The molecule has 3 rings (SSSR count). The Labute approximate surface area is 157 Å². The van der Waals surface area contributed by atoms with E-state index in [1.54, 1.807) is 11.3 Å². The van der Waals surface area contributed by atoms with Gasteiger partial charge in [0.2, 0.25) is 0 Å². The highest BCUT2D eigenvalue weighted by Crippen LogP contribution is 2.42. The highest BCUT2D eigenvalue weighted by molar-refractivity contribution is 9.10. The molecule has 0 aliphatic carbocycles. The summed E-state index contributed by atoms with van der Waals surface area (Å²) in [6.07, 6.45) is -5.05. The summed E-state index contributed by atoms with van der Waals surface area (Å²) in [7, 11) is 0. The van der Waals surface area contributed by atoms with Crippen LogP contribution >= 0.6 is 50.1 Å². The number of aromatic nitrogens is 1. The number of hydrogen-bond acceptors (Lipinski definition) is 6. The summed E-state index contributed by atoms with van der Waals surface area (Å²) in [6, 6.07) is 3.09. The van der Waals surface area contributed by atoms with Crippen LogP contribution in [0.25, 0.3) is 10.2 Å². The van der Waals surface area contributed by atoms with Crippen molar-refractivity contribution in [2.24, 2.45) is 5.73 Å². The van der Waals surface area contributed by atoms with Gasteiger partial charge in [-0.15, -0.1) is 22.7 Å². The maximum Gasteiger partial charge on any atom is 0.390 e. The molecule has 0 saturated carbocycles. The molecule has 0 unspecified atom stereocenters. The van der Waals surface area contributed by atoms with Crippen LogP contribution in [0.5, 0.6) is 0 Å². The van der Waals surface area contributed by atoms with E-state index in [0.717, 1.165) is 24.6 Å². The number of anilines is 1. The lowest BCUT2D eigenvalue weighted by Gasteiger charge is -2.13. The first-order chi connectivity index (χ1) is 11.3.